The second-order valence-corrected chi connectivity index (χ2v) is 3.67. The molecule has 1 aromatic heterocycles. The molecule has 0 aliphatic heterocycles. The summed E-state index contributed by atoms with van der Waals surface area (Å²) in [7, 11) is 0. The van der Waals surface area contributed by atoms with Gasteiger partial charge in [0.1, 0.15) is 0 Å². The van der Waals surface area contributed by atoms with Gasteiger partial charge in [-0.25, -0.2) is 4.68 Å². The summed E-state index contributed by atoms with van der Waals surface area (Å²) in [6, 6.07) is 8.16. The maximum atomic E-state index is 5.53. The van der Waals surface area contributed by atoms with Crippen LogP contribution < -0.4 is 5.73 Å². The van der Waals surface area contributed by atoms with Gasteiger partial charge in [0, 0.05) is 12.7 Å². The molecule has 0 saturated heterocycles. The largest absolute Gasteiger partial charge is 0.325 e. The smallest absolute Gasteiger partial charge is 0.0764 e. The summed E-state index contributed by atoms with van der Waals surface area (Å²) in [4.78, 5) is 0. The number of rotatable bonds is 2. The Balaban J connectivity index is 2.49. The lowest BCUT2D eigenvalue weighted by molar-refractivity contribution is 0.827. The van der Waals surface area contributed by atoms with E-state index in [1.807, 2.05) is 23.0 Å². The maximum absolute atomic E-state index is 5.53. The van der Waals surface area contributed by atoms with E-state index in [-0.39, 0.29) is 0 Å². The van der Waals surface area contributed by atoms with Crippen LogP contribution in [0.25, 0.3) is 5.69 Å². The SMILES string of the molecule is Cc1cccc(-n2ccc(CN)n2)c1C. The molecule has 0 saturated carbocycles. The van der Waals surface area contributed by atoms with Gasteiger partial charge in [-0.3, -0.25) is 0 Å². The van der Waals surface area contributed by atoms with Gasteiger partial charge >= 0.3 is 0 Å². The second kappa shape index (κ2) is 3.87. The summed E-state index contributed by atoms with van der Waals surface area (Å²) >= 11 is 0. The van der Waals surface area contributed by atoms with Crippen molar-refractivity contribution in [3.63, 3.8) is 0 Å². The van der Waals surface area contributed by atoms with Crippen molar-refractivity contribution < 1.29 is 0 Å². The van der Waals surface area contributed by atoms with E-state index in [4.69, 9.17) is 5.73 Å². The fraction of sp³-hybridized carbons (Fsp3) is 0.250. The van der Waals surface area contributed by atoms with Crippen LogP contribution >= 0.6 is 0 Å². The highest BCUT2D eigenvalue weighted by atomic mass is 15.3. The lowest BCUT2D eigenvalue weighted by Crippen LogP contribution is -2.02. The Kier molecular flexibility index (Phi) is 2.56. The van der Waals surface area contributed by atoms with Crippen LogP contribution in [0.5, 0.6) is 0 Å². The Morgan fingerprint density at radius 1 is 1.27 bits per heavy atom. The van der Waals surface area contributed by atoms with Crippen molar-refractivity contribution >= 4 is 0 Å². The molecular formula is C12H15N3. The molecule has 0 atom stereocenters. The quantitative estimate of drug-likeness (QED) is 0.807. The van der Waals surface area contributed by atoms with Crippen LogP contribution in [0.3, 0.4) is 0 Å². The fourth-order valence-electron chi connectivity index (χ4n) is 1.59. The number of nitrogens with zero attached hydrogens (tertiary/aromatic N) is 2. The molecule has 0 unspecified atom stereocenters. The van der Waals surface area contributed by atoms with Gasteiger partial charge in [0.05, 0.1) is 11.4 Å². The van der Waals surface area contributed by atoms with Crippen LogP contribution in [0.4, 0.5) is 0 Å². The number of nitrogens with two attached hydrogens (primary N) is 1. The van der Waals surface area contributed by atoms with Gasteiger partial charge < -0.3 is 5.73 Å². The van der Waals surface area contributed by atoms with E-state index in [1.165, 1.54) is 11.1 Å². The number of aromatic nitrogens is 2. The number of aryl methyl sites for hydroxylation is 1. The number of hydrogen-bond donors (Lipinski definition) is 1. The molecule has 0 spiro atoms. The van der Waals surface area contributed by atoms with Gasteiger partial charge in [-0.1, -0.05) is 12.1 Å². The van der Waals surface area contributed by atoms with Crippen molar-refractivity contribution in [2.45, 2.75) is 20.4 Å². The average Bonchev–Trinajstić information content (AvgIpc) is 2.70. The molecule has 2 N–H and O–H groups in total. The van der Waals surface area contributed by atoms with Gasteiger partial charge in [-0.2, -0.15) is 5.10 Å². The molecule has 0 bridgehead atoms. The maximum Gasteiger partial charge on any atom is 0.0764 e. The van der Waals surface area contributed by atoms with Crippen LogP contribution in [0, 0.1) is 13.8 Å². The average molecular weight is 201 g/mol. The first-order valence-electron chi connectivity index (χ1n) is 5.03. The Morgan fingerprint density at radius 3 is 2.73 bits per heavy atom. The van der Waals surface area contributed by atoms with E-state index in [9.17, 15) is 0 Å². The molecule has 0 amide bonds. The molecule has 2 rings (SSSR count). The predicted octanol–water partition coefficient (Wildman–Crippen LogP) is 1.95. The highest BCUT2D eigenvalue weighted by molar-refractivity contribution is 5.44. The standard InChI is InChI=1S/C12H15N3/c1-9-4-3-5-12(10(9)2)15-7-6-11(8-13)14-15/h3-7H,8,13H2,1-2H3. The van der Waals surface area contributed by atoms with E-state index < -0.39 is 0 Å². The number of benzene rings is 1. The summed E-state index contributed by atoms with van der Waals surface area (Å²) in [6.45, 7) is 4.69. The van der Waals surface area contributed by atoms with E-state index >= 15 is 0 Å². The summed E-state index contributed by atoms with van der Waals surface area (Å²) in [5.41, 5.74) is 10.1. The zero-order valence-corrected chi connectivity index (χ0v) is 9.07. The molecular weight excluding hydrogens is 186 g/mol. The molecule has 78 valence electrons. The third-order valence-corrected chi connectivity index (χ3v) is 2.68. The molecule has 1 aromatic carbocycles. The third-order valence-electron chi connectivity index (χ3n) is 2.68. The van der Waals surface area contributed by atoms with E-state index in [0.717, 1.165) is 11.4 Å². The van der Waals surface area contributed by atoms with Gasteiger partial charge in [0.15, 0.2) is 0 Å². The summed E-state index contributed by atoms with van der Waals surface area (Å²) in [5, 5.41) is 4.39. The van der Waals surface area contributed by atoms with Crippen molar-refractivity contribution in [1.82, 2.24) is 9.78 Å². The zero-order valence-electron chi connectivity index (χ0n) is 9.07. The van der Waals surface area contributed by atoms with Crippen LogP contribution in [-0.2, 0) is 6.54 Å². The molecule has 0 fully saturated rings. The van der Waals surface area contributed by atoms with Crippen molar-refractivity contribution in [3.8, 4) is 5.69 Å². The molecule has 3 heteroatoms. The first-order chi connectivity index (χ1) is 7.22. The lowest BCUT2D eigenvalue weighted by Gasteiger charge is -2.07. The molecule has 15 heavy (non-hydrogen) atoms. The molecule has 2 aromatic rings. The Morgan fingerprint density at radius 2 is 2.07 bits per heavy atom. The van der Waals surface area contributed by atoms with E-state index in [1.54, 1.807) is 0 Å². The fourth-order valence-corrected chi connectivity index (χ4v) is 1.59. The highest BCUT2D eigenvalue weighted by Gasteiger charge is 2.04. The summed E-state index contributed by atoms with van der Waals surface area (Å²) in [6.07, 6.45) is 1.95. The van der Waals surface area contributed by atoms with Crippen molar-refractivity contribution in [3.05, 3.63) is 47.3 Å². The Labute approximate surface area is 89.5 Å². The molecule has 3 nitrogen and oxygen atoms in total. The summed E-state index contributed by atoms with van der Waals surface area (Å²) in [5.74, 6) is 0. The Hall–Kier alpha value is -1.61. The van der Waals surface area contributed by atoms with E-state index in [2.05, 4.69) is 31.1 Å². The molecule has 0 aliphatic carbocycles. The van der Waals surface area contributed by atoms with Gasteiger partial charge in [-0.05, 0) is 37.1 Å². The second-order valence-electron chi connectivity index (χ2n) is 3.67. The summed E-state index contributed by atoms with van der Waals surface area (Å²) < 4.78 is 1.88. The van der Waals surface area contributed by atoms with Crippen LogP contribution in [0.15, 0.2) is 30.5 Å². The van der Waals surface area contributed by atoms with Crippen LogP contribution in [-0.4, -0.2) is 9.78 Å². The first kappa shape index (κ1) is 9.93. The van der Waals surface area contributed by atoms with Gasteiger partial charge in [0.25, 0.3) is 0 Å². The van der Waals surface area contributed by atoms with Crippen molar-refractivity contribution in [2.75, 3.05) is 0 Å². The lowest BCUT2D eigenvalue weighted by atomic mass is 10.1. The topological polar surface area (TPSA) is 43.8 Å². The van der Waals surface area contributed by atoms with Gasteiger partial charge in [-0.15, -0.1) is 0 Å². The monoisotopic (exact) mass is 201 g/mol. The molecule has 0 aliphatic rings. The van der Waals surface area contributed by atoms with Crippen molar-refractivity contribution in [1.29, 1.82) is 0 Å². The number of hydrogen-bond acceptors (Lipinski definition) is 2. The van der Waals surface area contributed by atoms with E-state index in [0.29, 0.717) is 6.54 Å². The predicted molar refractivity (Wildman–Crippen MR) is 60.9 cm³/mol. The first-order valence-corrected chi connectivity index (χ1v) is 5.03. The highest BCUT2D eigenvalue weighted by Crippen LogP contribution is 2.16. The minimum absolute atomic E-state index is 0.484. The normalized spacial score (nSPS) is 10.6. The Bertz CT molecular complexity index is 471. The molecule has 0 radical (unpaired) electrons. The van der Waals surface area contributed by atoms with Crippen molar-refractivity contribution in [2.24, 2.45) is 5.73 Å². The molecule has 1 heterocycles. The minimum Gasteiger partial charge on any atom is -0.325 e. The van der Waals surface area contributed by atoms with Gasteiger partial charge in [0.2, 0.25) is 0 Å². The minimum atomic E-state index is 0.484. The third kappa shape index (κ3) is 1.78. The van der Waals surface area contributed by atoms with Crippen LogP contribution in [0.1, 0.15) is 16.8 Å². The van der Waals surface area contributed by atoms with Crippen LogP contribution in [0.2, 0.25) is 0 Å². The zero-order chi connectivity index (χ0) is 10.8.